The summed E-state index contributed by atoms with van der Waals surface area (Å²) in [5.41, 5.74) is 6.00. The molecule has 4 nitrogen and oxygen atoms in total. The summed E-state index contributed by atoms with van der Waals surface area (Å²) in [5, 5.41) is 1.31. The zero-order valence-corrected chi connectivity index (χ0v) is 11.8. The zero-order chi connectivity index (χ0) is 14.0. The highest BCUT2D eigenvalue weighted by atomic mass is 35.5. The van der Waals surface area contributed by atoms with Gasteiger partial charge >= 0.3 is 0 Å². The third-order valence-electron chi connectivity index (χ3n) is 2.58. The van der Waals surface area contributed by atoms with Crippen molar-refractivity contribution in [2.75, 3.05) is 6.61 Å². The van der Waals surface area contributed by atoms with E-state index in [1.54, 1.807) is 12.1 Å². The highest BCUT2D eigenvalue weighted by Gasteiger charge is 2.14. The molecule has 0 aliphatic heterocycles. The van der Waals surface area contributed by atoms with Crippen LogP contribution in [-0.4, -0.2) is 17.5 Å². The summed E-state index contributed by atoms with van der Waals surface area (Å²) >= 11 is 12.2. The molecular weight excluding hydrogens is 287 g/mol. The van der Waals surface area contributed by atoms with Gasteiger partial charge < -0.3 is 10.5 Å². The smallest absolute Gasteiger partial charge is 0.251 e. The van der Waals surface area contributed by atoms with Gasteiger partial charge in [-0.25, -0.2) is 0 Å². The number of ether oxygens (including phenoxy) is 1. The number of hydrogen-bond donors (Lipinski definition) is 1. The number of carbonyl (C=O) groups excluding carboxylic acids is 1. The van der Waals surface area contributed by atoms with Gasteiger partial charge in [-0.2, -0.15) is 0 Å². The minimum absolute atomic E-state index is 0.179. The Kier molecular flexibility index (Phi) is 4.12. The molecule has 0 aliphatic carbocycles. The number of halogens is 2. The van der Waals surface area contributed by atoms with E-state index in [4.69, 9.17) is 33.7 Å². The van der Waals surface area contributed by atoms with Crippen molar-refractivity contribution in [3.8, 4) is 5.75 Å². The van der Waals surface area contributed by atoms with Gasteiger partial charge in [0.15, 0.2) is 0 Å². The normalized spacial score (nSPS) is 10.7. The molecule has 0 spiro atoms. The van der Waals surface area contributed by atoms with Crippen LogP contribution < -0.4 is 10.5 Å². The van der Waals surface area contributed by atoms with Gasteiger partial charge in [0.05, 0.1) is 27.7 Å². The maximum absolute atomic E-state index is 11.2. The standard InChI is InChI=1S/C13H12Cl2N2O2/c1-2-3-19-11-4-7-10(5-9(11)14)17-6-8(12(7)15)13(16)18/h4-6H,2-3H2,1H3,(H2,16,18). The van der Waals surface area contributed by atoms with E-state index in [0.29, 0.717) is 28.3 Å². The Hall–Kier alpha value is -1.52. The number of rotatable bonds is 4. The van der Waals surface area contributed by atoms with Crippen molar-refractivity contribution < 1.29 is 9.53 Å². The number of hydrogen-bond acceptors (Lipinski definition) is 3. The molecule has 6 heteroatoms. The topological polar surface area (TPSA) is 65.2 Å². The fourth-order valence-electron chi connectivity index (χ4n) is 1.66. The summed E-state index contributed by atoms with van der Waals surface area (Å²) in [6, 6.07) is 3.33. The second kappa shape index (κ2) is 5.63. The van der Waals surface area contributed by atoms with Crippen molar-refractivity contribution in [3.05, 3.63) is 33.9 Å². The van der Waals surface area contributed by atoms with E-state index in [-0.39, 0.29) is 10.6 Å². The SMILES string of the molecule is CCCOc1cc2c(Cl)c(C(N)=O)cnc2cc1Cl. The van der Waals surface area contributed by atoms with Crippen LogP contribution in [0.3, 0.4) is 0 Å². The van der Waals surface area contributed by atoms with Crippen LogP contribution in [0, 0.1) is 0 Å². The highest BCUT2D eigenvalue weighted by Crippen LogP contribution is 2.34. The molecule has 0 saturated heterocycles. The van der Waals surface area contributed by atoms with E-state index < -0.39 is 5.91 Å². The fraction of sp³-hybridized carbons (Fsp3) is 0.231. The summed E-state index contributed by atoms with van der Waals surface area (Å²) in [5.74, 6) is -0.105. The van der Waals surface area contributed by atoms with Gasteiger partial charge in [-0.15, -0.1) is 0 Å². The van der Waals surface area contributed by atoms with Gasteiger partial charge in [0.1, 0.15) is 5.75 Å². The Morgan fingerprint density at radius 1 is 1.42 bits per heavy atom. The molecule has 0 atom stereocenters. The van der Waals surface area contributed by atoms with Crippen LogP contribution in [0.1, 0.15) is 23.7 Å². The molecule has 0 unspecified atom stereocenters. The van der Waals surface area contributed by atoms with E-state index in [0.717, 1.165) is 6.42 Å². The van der Waals surface area contributed by atoms with Crippen molar-refractivity contribution in [2.45, 2.75) is 13.3 Å². The molecule has 0 radical (unpaired) electrons. The van der Waals surface area contributed by atoms with E-state index in [2.05, 4.69) is 4.98 Å². The van der Waals surface area contributed by atoms with Crippen LogP contribution in [0.5, 0.6) is 5.75 Å². The molecule has 19 heavy (non-hydrogen) atoms. The average Bonchev–Trinajstić information content (AvgIpc) is 2.36. The Balaban J connectivity index is 2.60. The Morgan fingerprint density at radius 2 is 2.16 bits per heavy atom. The number of benzene rings is 1. The number of pyridine rings is 1. The number of carbonyl (C=O) groups is 1. The monoisotopic (exact) mass is 298 g/mol. The van der Waals surface area contributed by atoms with Crippen LogP contribution in [0.25, 0.3) is 10.9 Å². The van der Waals surface area contributed by atoms with Crippen LogP contribution in [0.2, 0.25) is 10.0 Å². The summed E-state index contributed by atoms with van der Waals surface area (Å²) in [7, 11) is 0. The third-order valence-corrected chi connectivity index (χ3v) is 3.29. The van der Waals surface area contributed by atoms with Crippen molar-refractivity contribution in [2.24, 2.45) is 5.73 Å². The lowest BCUT2D eigenvalue weighted by Gasteiger charge is -2.10. The average molecular weight is 299 g/mol. The largest absolute Gasteiger partial charge is 0.492 e. The number of primary amides is 1. The molecule has 2 aromatic rings. The quantitative estimate of drug-likeness (QED) is 0.940. The van der Waals surface area contributed by atoms with Crippen LogP contribution in [0.4, 0.5) is 0 Å². The molecule has 2 N–H and O–H groups in total. The summed E-state index contributed by atoms with van der Waals surface area (Å²) in [4.78, 5) is 15.4. The second-order valence-electron chi connectivity index (χ2n) is 4.00. The highest BCUT2D eigenvalue weighted by molar-refractivity contribution is 6.39. The van der Waals surface area contributed by atoms with Crippen LogP contribution in [0.15, 0.2) is 18.3 Å². The second-order valence-corrected chi connectivity index (χ2v) is 4.78. The Bertz CT molecular complexity index is 644. The van der Waals surface area contributed by atoms with Crippen molar-refractivity contribution >= 4 is 40.0 Å². The maximum Gasteiger partial charge on any atom is 0.251 e. The van der Waals surface area contributed by atoms with E-state index in [9.17, 15) is 4.79 Å². The molecule has 1 aromatic carbocycles. The van der Waals surface area contributed by atoms with Crippen LogP contribution in [-0.2, 0) is 0 Å². The van der Waals surface area contributed by atoms with Gasteiger partial charge in [-0.1, -0.05) is 30.1 Å². The Labute approximate surface area is 120 Å². The van der Waals surface area contributed by atoms with Crippen molar-refractivity contribution in [1.29, 1.82) is 0 Å². The molecular formula is C13H12Cl2N2O2. The molecule has 1 heterocycles. The van der Waals surface area contributed by atoms with E-state index in [1.165, 1.54) is 6.20 Å². The minimum atomic E-state index is -0.620. The molecule has 0 bridgehead atoms. The lowest BCUT2D eigenvalue weighted by molar-refractivity contribution is 0.100. The number of fused-ring (bicyclic) bond motifs is 1. The lowest BCUT2D eigenvalue weighted by atomic mass is 10.1. The van der Waals surface area contributed by atoms with Crippen molar-refractivity contribution in [1.82, 2.24) is 4.98 Å². The van der Waals surface area contributed by atoms with E-state index in [1.807, 2.05) is 6.92 Å². The molecule has 0 fully saturated rings. The number of nitrogens with two attached hydrogens (primary N) is 1. The zero-order valence-electron chi connectivity index (χ0n) is 10.2. The predicted octanol–water partition coefficient (Wildman–Crippen LogP) is 3.43. The van der Waals surface area contributed by atoms with Gasteiger partial charge in [0, 0.05) is 11.6 Å². The minimum Gasteiger partial charge on any atom is -0.492 e. The van der Waals surface area contributed by atoms with Gasteiger partial charge in [0.25, 0.3) is 5.91 Å². The van der Waals surface area contributed by atoms with Gasteiger partial charge in [0.2, 0.25) is 0 Å². The number of aromatic nitrogens is 1. The third kappa shape index (κ3) is 2.74. The molecule has 1 amide bonds. The molecule has 0 saturated carbocycles. The summed E-state index contributed by atoms with van der Waals surface area (Å²) < 4.78 is 5.51. The van der Waals surface area contributed by atoms with Crippen molar-refractivity contribution in [3.63, 3.8) is 0 Å². The Morgan fingerprint density at radius 3 is 2.79 bits per heavy atom. The first kappa shape index (κ1) is 13.9. The van der Waals surface area contributed by atoms with E-state index >= 15 is 0 Å². The van der Waals surface area contributed by atoms with Gasteiger partial charge in [-0.3, -0.25) is 9.78 Å². The van der Waals surface area contributed by atoms with Crippen LogP contribution >= 0.6 is 23.2 Å². The maximum atomic E-state index is 11.2. The first-order chi connectivity index (χ1) is 9.04. The summed E-state index contributed by atoms with van der Waals surface area (Å²) in [6.45, 7) is 2.54. The fourth-order valence-corrected chi connectivity index (χ4v) is 2.16. The summed E-state index contributed by atoms with van der Waals surface area (Å²) in [6.07, 6.45) is 2.21. The predicted molar refractivity (Wildman–Crippen MR) is 76.1 cm³/mol. The molecule has 100 valence electrons. The number of amides is 1. The molecule has 2 rings (SSSR count). The first-order valence-corrected chi connectivity index (χ1v) is 6.50. The molecule has 0 aliphatic rings. The lowest BCUT2D eigenvalue weighted by Crippen LogP contribution is -2.12. The molecule has 1 aromatic heterocycles. The number of nitrogens with zero attached hydrogens (tertiary/aromatic N) is 1. The van der Waals surface area contributed by atoms with Gasteiger partial charge in [-0.05, 0) is 18.6 Å². The first-order valence-electron chi connectivity index (χ1n) is 5.75.